The maximum Gasteiger partial charge on any atom is 0.235 e. The Labute approximate surface area is 233 Å². The third-order valence-electron chi connectivity index (χ3n) is 7.88. The summed E-state index contributed by atoms with van der Waals surface area (Å²) in [6.45, 7) is 0. The van der Waals surface area contributed by atoms with Gasteiger partial charge in [0, 0.05) is 44.4 Å². The average molecular weight is 529 g/mol. The van der Waals surface area contributed by atoms with Gasteiger partial charge in [-0.2, -0.15) is 0 Å². The van der Waals surface area contributed by atoms with Crippen LogP contribution in [-0.2, 0) is 0 Å². The van der Waals surface area contributed by atoms with Gasteiger partial charge >= 0.3 is 0 Å². The highest BCUT2D eigenvalue weighted by Crippen LogP contribution is 2.53. The van der Waals surface area contributed by atoms with Gasteiger partial charge in [-0.3, -0.25) is 9.88 Å². The Morgan fingerprint density at radius 1 is 0.625 bits per heavy atom. The number of rotatable bonds is 2. The standard InChI is InChI=1S/C35H20N4S/c1-2-12-24-21(8-1)17-18-26-25-14-5-9-22-10-6-15-28(30(22)25)39(33(24)26)35-37-31(23-11-7-19-36-20-23)34-32(38-35)27-13-3-4-16-29(27)40-34/h1-20H. The Hall–Kier alpha value is -5.13. The lowest BCUT2D eigenvalue weighted by Gasteiger charge is -2.33. The van der Waals surface area contributed by atoms with Crippen LogP contribution in [0.5, 0.6) is 0 Å². The third kappa shape index (κ3) is 2.98. The van der Waals surface area contributed by atoms with Crippen LogP contribution < -0.4 is 4.90 Å². The van der Waals surface area contributed by atoms with Crippen molar-refractivity contribution >= 4 is 70.5 Å². The van der Waals surface area contributed by atoms with E-state index in [-0.39, 0.29) is 0 Å². The van der Waals surface area contributed by atoms with Crippen molar-refractivity contribution in [2.24, 2.45) is 0 Å². The first-order valence-corrected chi connectivity index (χ1v) is 14.1. The lowest BCUT2D eigenvalue weighted by atomic mass is 9.89. The van der Waals surface area contributed by atoms with E-state index in [4.69, 9.17) is 9.97 Å². The summed E-state index contributed by atoms with van der Waals surface area (Å²) in [5.41, 5.74) is 7.48. The number of pyridine rings is 1. The van der Waals surface area contributed by atoms with Crippen molar-refractivity contribution in [1.29, 1.82) is 0 Å². The number of nitrogens with zero attached hydrogens (tertiary/aromatic N) is 4. The van der Waals surface area contributed by atoms with E-state index in [0.29, 0.717) is 5.95 Å². The number of benzene rings is 5. The van der Waals surface area contributed by atoms with E-state index in [1.54, 1.807) is 17.5 Å². The number of hydrogen-bond donors (Lipinski definition) is 0. The molecule has 1 aliphatic rings. The van der Waals surface area contributed by atoms with Crippen molar-refractivity contribution in [2.75, 3.05) is 4.90 Å². The second-order valence-electron chi connectivity index (χ2n) is 10.1. The van der Waals surface area contributed by atoms with Crippen molar-refractivity contribution in [1.82, 2.24) is 15.0 Å². The zero-order chi connectivity index (χ0) is 26.2. The lowest BCUT2D eigenvalue weighted by Crippen LogP contribution is -2.18. The molecule has 1 aliphatic heterocycles. The summed E-state index contributed by atoms with van der Waals surface area (Å²) < 4.78 is 2.28. The number of hydrogen-bond acceptors (Lipinski definition) is 5. The van der Waals surface area contributed by atoms with Crippen molar-refractivity contribution in [3.63, 3.8) is 0 Å². The van der Waals surface area contributed by atoms with E-state index in [1.165, 1.54) is 37.4 Å². The van der Waals surface area contributed by atoms with Crippen molar-refractivity contribution in [3.05, 3.63) is 122 Å². The summed E-state index contributed by atoms with van der Waals surface area (Å²) in [7, 11) is 0. The van der Waals surface area contributed by atoms with Gasteiger partial charge in [0.25, 0.3) is 0 Å². The van der Waals surface area contributed by atoms with Crippen LogP contribution in [0.15, 0.2) is 122 Å². The Morgan fingerprint density at radius 3 is 2.35 bits per heavy atom. The Balaban J connectivity index is 1.46. The highest BCUT2D eigenvalue weighted by Gasteiger charge is 2.30. The molecule has 0 unspecified atom stereocenters. The van der Waals surface area contributed by atoms with E-state index in [0.717, 1.165) is 38.2 Å². The molecule has 0 atom stereocenters. The average Bonchev–Trinajstić information content (AvgIpc) is 3.40. The summed E-state index contributed by atoms with van der Waals surface area (Å²) in [6.07, 6.45) is 3.70. The fourth-order valence-electron chi connectivity index (χ4n) is 6.15. The molecule has 0 saturated carbocycles. The van der Waals surface area contributed by atoms with Gasteiger partial charge in [-0.1, -0.05) is 84.9 Å². The fourth-order valence-corrected chi connectivity index (χ4v) is 7.30. The molecule has 4 heterocycles. The van der Waals surface area contributed by atoms with Gasteiger partial charge in [0.15, 0.2) is 0 Å². The van der Waals surface area contributed by atoms with Gasteiger partial charge in [0.05, 0.1) is 27.3 Å². The summed E-state index contributed by atoms with van der Waals surface area (Å²) in [4.78, 5) is 17.4. The summed E-state index contributed by atoms with van der Waals surface area (Å²) >= 11 is 1.74. The minimum absolute atomic E-state index is 0.662. The van der Waals surface area contributed by atoms with Crippen molar-refractivity contribution in [2.45, 2.75) is 0 Å². The molecule has 0 N–H and O–H groups in total. The largest absolute Gasteiger partial charge is 0.277 e. The molecule has 8 aromatic rings. The van der Waals surface area contributed by atoms with E-state index >= 15 is 0 Å². The molecule has 0 saturated heterocycles. The van der Waals surface area contributed by atoms with Gasteiger partial charge in [-0.25, -0.2) is 9.97 Å². The van der Waals surface area contributed by atoms with Crippen LogP contribution in [0.2, 0.25) is 0 Å². The van der Waals surface area contributed by atoms with Crippen LogP contribution in [0.4, 0.5) is 17.3 Å². The van der Waals surface area contributed by atoms with E-state index in [2.05, 4.69) is 113 Å². The highest BCUT2D eigenvalue weighted by atomic mass is 32.1. The van der Waals surface area contributed by atoms with Gasteiger partial charge in [-0.05, 0) is 40.6 Å². The smallest absolute Gasteiger partial charge is 0.235 e. The molecule has 186 valence electrons. The van der Waals surface area contributed by atoms with E-state index < -0.39 is 0 Å². The van der Waals surface area contributed by atoms with Crippen LogP contribution in [0.3, 0.4) is 0 Å². The quantitative estimate of drug-likeness (QED) is 0.224. The third-order valence-corrected chi connectivity index (χ3v) is 9.05. The number of thiophene rings is 1. The Kier molecular flexibility index (Phi) is 4.45. The van der Waals surface area contributed by atoms with E-state index in [9.17, 15) is 0 Å². The summed E-state index contributed by atoms with van der Waals surface area (Å²) in [5, 5.41) is 5.92. The molecule has 5 heteroatoms. The molecule has 0 aliphatic carbocycles. The first kappa shape index (κ1) is 21.8. The second-order valence-corrected chi connectivity index (χ2v) is 11.1. The van der Waals surface area contributed by atoms with Crippen molar-refractivity contribution in [3.8, 4) is 22.4 Å². The summed E-state index contributed by atoms with van der Waals surface area (Å²) in [5.74, 6) is 0.662. The molecule has 0 radical (unpaired) electrons. The first-order valence-electron chi connectivity index (χ1n) is 13.3. The monoisotopic (exact) mass is 528 g/mol. The Bertz CT molecular complexity index is 2280. The highest BCUT2D eigenvalue weighted by molar-refractivity contribution is 7.26. The van der Waals surface area contributed by atoms with Gasteiger partial charge in [0.2, 0.25) is 5.95 Å². The van der Waals surface area contributed by atoms with E-state index in [1.807, 2.05) is 12.3 Å². The number of aromatic nitrogens is 3. The lowest BCUT2D eigenvalue weighted by molar-refractivity contribution is 1.12. The van der Waals surface area contributed by atoms with Crippen LogP contribution in [0.25, 0.3) is 64.2 Å². The van der Waals surface area contributed by atoms with Crippen molar-refractivity contribution < 1.29 is 0 Å². The normalized spacial score (nSPS) is 12.4. The molecule has 9 rings (SSSR count). The molecule has 4 nitrogen and oxygen atoms in total. The molecule has 0 amide bonds. The van der Waals surface area contributed by atoms with Crippen LogP contribution in [0, 0.1) is 0 Å². The topological polar surface area (TPSA) is 41.9 Å². The number of fused-ring (bicyclic) bond motifs is 7. The first-order chi connectivity index (χ1) is 19.8. The zero-order valence-corrected chi connectivity index (χ0v) is 22.1. The molecule has 40 heavy (non-hydrogen) atoms. The van der Waals surface area contributed by atoms with Crippen LogP contribution in [0.1, 0.15) is 0 Å². The maximum atomic E-state index is 5.34. The van der Waals surface area contributed by atoms with Gasteiger partial charge < -0.3 is 0 Å². The predicted molar refractivity (Wildman–Crippen MR) is 167 cm³/mol. The Morgan fingerprint density at radius 2 is 1.45 bits per heavy atom. The van der Waals surface area contributed by atoms with Gasteiger partial charge in [-0.15, -0.1) is 11.3 Å². The molecule has 0 spiro atoms. The molecule has 0 bridgehead atoms. The fraction of sp³-hybridized carbons (Fsp3) is 0. The van der Waals surface area contributed by atoms with Crippen LogP contribution >= 0.6 is 11.3 Å². The minimum atomic E-state index is 0.662. The summed E-state index contributed by atoms with van der Waals surface area (Å²) in [6, 6.07) is 38.7. The zero-order valence-electron chi connectivity index (χ0n) is 21.2. The molecule has 0 fully saturated rings. The van der Waals surface area contributed by atoms with Gasteiger partial charge in [0.1, 0.15) is 0 Å². The SMILES string of the molecule is c1cncc(-c2nc(N3c4c(ccc5ccccc45)-c4cccc5cccc3c45)nc3c2sc2ccccc23)c1. The molecule has 3 aromatic heterocycles. The minimum Gasteiger partial charge on any atom is -0.277 e. The molecular weight excluding hydrogens is 508 g/mol. The molecule has 5 aromatic carbocycles. The maximum absolute atomic E-state index is 5.34. The predicted octanol–water partition coefficient (Wildman–Crippen LogP) is 9.66. The second kappa shape index (κ2) is 8.18. The van der Waals surface area contributed by atoms with Crippen LogP contribution in [-0.4, -0.2) is 15.0 Å². The number of anilines is 3. The molecular formula is C35H20N4S.